The first kappa shape index (κ1) is 68.2. The van der Waals surface area contributed by atoms with Crippen LogP contribution < -0.4 is 11.1 Å². The first-order valence-corrected chi connectivity index (χ1v) is 27.9. The second-order valence-corrected chi connectivity index (χ2v) is 22.1. The van der Waals surface area contributed by atoms with Crippen LogP contribution in [0.4, 0.5) is 0 Å². The molecule has 1 aromatic carbocycles. The van der Waals surface area contributed by atoms with Gasteiger partial charge in [0.05, 0.1) is 52.3 Å². The monoisotopic (exact) mass is 1250 g/mol. The molecule has 21 aliphatic rings. The minimum atomic E-state index is -2.21. The van der Waals surface area contributed by atoms with Crippen molar-refractivity contribution < 1.29 is 168 Å². The molecule has 494 valence electrons. The molecule has 21 saturated heterocycles. The minimum absolute atomic E-state index is 0.0721. The van der Waals surface area contributed by atoms with Gasteiger partial charge in [0.15, 0.2) is 44.0 Å². The molecule has 0 saturated carbocycles. The summed E-state index contributed by atoms with van der Waals surface area (Å²) >= 11 is 0. The van der Waals surface area contributed by atoms with Crippen LogP contribution >= 0.6 is 0 Å². The van der Waals surface area contributed by atoms with E-state index < -0.39 is 261 Å². The van der Waals surface area contributed by atoms with Crippen LogP contribution in [0.5, 0.6) is 0 Å². The normalized spacial score (nSPS) is 50.8. The Kier molecular flexibility index (Phi) is 23.5. The van der Waals surface area contributed by atoms with E-state index in [1.807, 2.05) is 0 Å². The number of nitrogens with two attached hydrogens (primary N) is 1. The van der Waals surface area contributed by atoms with E-state index >= 15 is 0 Å². The first-order chi connectivity index (χ1) is 41.1. The van der Waals surface area contributed by atoms with Gasteiger partial charge in [0.1, 0.15) is 165 Å². The second-order valence-electron chi connectivity index (χ2n) is 22.1. The number of hydrogen-bond acceptors (Lipinski definition) is 36. The third kappa shape index (κ3) is 13.8. The van der Waals surface area contributed by atoms with Crippen molar-refractivity contribution >= 4 is 0 Å². The molecule has 1 aromatic rings. The number of hydrogen-bond donors (Lipinski definition) is 22. The maximum absolute atomic E-state index is 12.2. The maximum atomic E-state index is 12.2. The molecule has 21 aliphatic heterocycles. The van der Waals surface area contributed by atoms with E-state index in [-0.39, 0.29) is 13.1 Å². The molecular weight excluding hydrogens is 1170 g/mol. The summed E-state index contributed by atoms with van der Waals surface area (Å²) in [5.74, 6) is 0. The highest BCUT2D eigenvalue weighted by Gasteiger charge is 2.59. The van der Waals surface area contributed by atoms with E-state index in [4.69, 9.17) is 72.0 Å². The van der Waals surface area contributed by atoms with Crippen LogP contribution in [0.2, 0.25) is 0 Å². The van der Waals surface area contributed by atoms with Crippen LogP contribution in [0.15, 0.2) is 24.3 Å². The highest BCUT2D eigenvalue weighted by molar-refractivity contribution is 5.22. The number of benzene rings is 1. The Hall–Kier alpha value is -2.22. The summed E-state index contributed by atoms with van der Waals surface area (Å²) in [6.45, 7) is -7.04. The molecule has 22 rings (SSSR count). The van der Waals surface area contributed by atoms with Crippen molar-refractivity contribution in [3.05, 3.63) is 35.4 Å². The summed E-state index contributed by atoms with van der Waals surface area (Å²) in [5, 5.41) is 227. The summed E-state index contributed by atoms with van der Waals surface area (Å²) < 4.78 is 81.7. The van der Waals surface area contributed by atoms with Crippen LogP contribution in [-0.4, -0.2) is 363 Å². The average Bonchev–Trinajstić information content (AvgIpc) is 1.70. The summed E-state index contributed by atoms with van der Waals surface area (Å²) in [5.41, 5.74) is 7.15. The minimum Gasteiger partial charge on any atom is -0.394 e. The standard InChI is InChI=1S/C50H80N2O34/c51-5-14-1-3-15(4-2-14)6-52-23-24(60)44-73-16(7-53)37(23)80-45-31(67)25(61)39(18(9-55)74-45)82-47-33(69)27(63)41(20(11-57)76-47)84-49-35(71)29(65)43(22(13-59)78-49)86-50-36(72)30(66)42(21(12-58)79-50)85-48-34(70)28(64)40(19(10-56)77-48)83-46-32(68)26(62)38(81-44)17(8-54)75-46/h1-4,16-50,52-72H,5-13,51H2/t16-,17-,18-,19-,20-,21-,22-,23+,24+,25-,26-,27-,28-,29-,30-,31-,32-,33-,34-,35-,36-,37-,38-,39-,40-,41-,42-,43-,44-,45-,46-,47-,48-,49-,50-/m1/s1. The SMILES string of the molecule is NCc1ccc(CN[C@H]2[C@H](O)[C@H]3O[C@H]4[C@H](O)[C@@H](O)[C@@H](O[C@H]5[C@H](O)[C@@H](O)[C@@H](O[C@H]6[C@H](O)[C@@H](O)[C@@H](O[C@H]7[C@H](O)[C@@H](O)[C@@H](O[C@H]8[C@H](O)[C@@H](O)[C@@H](O[C@H]9[C@H](O)[C@@H](O)[C@@H](O[C@@H]2[C@@H](CO)O3)O[C@@H]9CO)O[C@@H]8CO)O[C@@H]7CO)O[C@@H]6CO)O[C@@H]5CO)O[C@@H]4CO)cc1. The van der Waals surface area contributed by atoms with E-state index in [0.29, 0.717) is 5.56 Å². The Morgan fingerprint density at radius 1 is 0.267 bits per heavy atom. The van der Waals surface area contributed by atoms with Gasteiger partial charge in [-0.3, -0.25) is 0 Å². The van der Waals surface area contributed by atoms with Crippen LogP contribution in [0, 0.1) is 0 Å². The van der Waals surface area contributed by atoms with Crippen molar-refractivity contribution in [1.82, 2.24) is 5.32 Å². The predicted molar refractivity (Wildman–Crippen MR) is 267 cm³/mol. The molecule has 14 bridgehead atoms. The Balaban J connectivity index is 1.03. The summed E-state index contributed by atoms with van der Waals surface area (Å²) in [6, 6.07) is 5.38. The molecule has 35 atom stereocenters. The van der Waals surface area contributed by atoms with Crippen LogP contribution in [0.25, 0.3) is 0 Å². The van der Waals surface area contributed by atoms with Crippen molar-refractivity contribution in [2.75, 3.05) is 46.2 Å². The van der Waals surface area contributed by atoms with Crippen molar-refractivity contribution in [1.29, 1.82) is 0 Å². The Labute approximate surface area is 488 Å². The van der Waals surface area contributed by atoms with Gasteiger partial charge in [0.25, 0.3) is 0 Å². The third-order valence-electron chi connectivity index (χ3n) is 16.6. The lowest BCUT2D eigenvalue weighted by Crippen LogP contribution is -2.70. The van der Waals surface area contributed by atoms with Crippen LogP contribution in [-0.2, 0) is 79.4 Å². The molecule has 23 N–H and O–H groups in total. The fraction of sp³-hybridized carbons (Fsp3) is 0.880. The van der Waals surface area contributed by atoms with E-state index in [9.17, 15) is 102 Å². The lowest BCUT2D eigenvalue weighted by atomic mass is 9.93. The van der Waals surface area contributed by atoms with E-state index in [0.717, 1.165) is 5.56 Å². The van der Waals surface area contributed by atoms with E-state index in [2.05, 4.69) is 5.32 Å². The molecule has 36 heteroatoms. The zero-order valence-corrected chi connectivity index (χ0v) is 45.6. The predicted octanol–water partition coefficient (Wildman–Crippen LogP) is -14.0. The Bertz CT molecular complexity index is 2230. The summed E-state index contributed by atoms with van der Waals surface area (Å²) in [6.07, 6.45) is -67.0. The number of aliphatic hydroxyl groups is 20. The van der Waals surface area contributed by atoms with Crippen molar-refractivity contribution in [3.8, 4) is 0 Å². The lowest BCUT2D eigenvalue weighted by Gasteiger charge is -2.50. The highest BCUT2D eigenvalue weighted by atomic mass is 16.8. The van der Waals surface area contributed by atoms with E-state index in [1.165, 1.54) is 0 Å². The fourth-order valence-corrected chi connectivity index (χ4v) is 11.7. The highest BCUT2D eigenvalue weighted by Crippen LogP contribution is 2.39. The smallest absolute Gasteiger partial charge is 0.187 e. The van der Waals surface area contributed by atoms with Gasteiger partial charge in [-0.05, 0) is 11.1 Å². The molecule has 0 aliphatic carbocycles. The Morgan fingerprint density at radius 3 is 0.686 bits per heavy atom. The van der Waals surface area contributed by atoms with Crippen molar-refractivity contribution in [2.24, 2.45) is 5.73 Å². The zero-order chi connectivity index (χ0) is 62.2. The zero-order valence-electron chi connectivity index (χ0n) is 45.6. The third-order valence-corrected chi connectivity index (χ3v) is 16.6. The van der Waals surface area contributed by atoms with Gasteiger partial charge >= 0.3 is 0 Å². The molecule has 0 spiro atoms. The quantitative estimate of drug-likeness (QED) is 0.0978. The molecule has 0 aromatic heterocycles. The molecule has 0 radical (unpaired) electrons. The molecule has 36 nitrogen and oxygen atoms in total. The number of nitrogens with one attached hydrogen (secondary N) is 1. The number of aliphatic hydroxyl groups excluding tert-OH is 20. The summed E-state index contributed by atoms with van der Waals surface area (Å²) in [4.78, 5) is 0. The maximum Gasteiger partial charge on any atom is 0.187 e. The van der Waals surface area contributed by atoms with Gasteiger partial charge in [0, 0.05) is 13.1 Å². The van der Waals surface area contributed by atoms with Crippen molar-refractivity contribution in [3.63, 3.8) is 0 Å². The topological polar surface area (TPSA) is 572 Å². The first-order valence-electron chi connectivity index (χ1n) is 27.9. The largest absolute Gasteiger partial charge is 0.394 e. The number of rotatable bonds is 11. The molecule has 0 amide bonds. The second kappa shape index (κ2) is 29.6. The molecule has 0 unspecified atom stereocenters. The molecular formula is C50H80N2O34. The van der Waals surface area contributed by atoms with Gasteiger partial charge in [-0.25, -0.2) is 0 Å². The van der Waals surface area contributed by atoms with Gasteiger partial charge in [-0.1, -0.05) is 24.3 Å². The molecule has 86 heavy (non-hydrogen) atoms. The summed E-state index contributed by atoms with van der Waals surface area (Å²) in [7, 11) is 0. The van der Waals surface area contributed by atoms with Crippen LogP contribution in [0.3, 0.4) is 0 Å². The molecule has 21 heterocycles. The van der Waals surface area contributed by atoms with Gasteiger partial charge in [0.2, 0.25) is 0 Å². The fourth-order valence-electron chi connectivity index (χ4n) is 11.7. The van der Waals surface area contributed by atoms with Gasteiger partial charge < -0.3 is 179 Å². The number of ether oxygens (including phenoxy) is 14. The van der Waals surface area contributed by atoms with E-state index in [1.54, 1.807) is 24.3 Å². The van der Waals surface area contributed by atoms with Gasteiger partial charge in [-0.15, -0.1) is 0 Å². The van der Waals surface area contributed by atoms with Crippen LogP contribution in [0.1, 0.15) is 11.1 Å². The van der Waals surface area contributed by atoms with Crippen molar-refractivity contribution in [2.45, 2.75) is 228 Å². The molecule has 21 fully saturated rings. The van der Waals surface area contributed by atoms with Gasteiger partial charge in [-0.2, -0.15) is 0 Å². The average molecular weight is 1250 g/mol. The Morgan fingerprint density at radius 2 is 0.465 bits per heavy atom. The lowest BCUT2D eigenvalue weighted by molar-refractivity contribution is -0.396.